The molecule has 0 spiro atoms. The normalized spacial score (nSPS) is 10.4. The molecule has 0 radical (unpaired) electrons. The Bertz CT molecular complexity index is 380. The summed E-state index contributed by atoms with van der Waals surface area (Å²) in [6, 6.07) is 0. The number of unbranched alkanes of at least 4 members (excludes halogenated alkanes) is 3. The van der Waals surface area contributed by atoms with E-state index in [0.29, 0.717) is 13.0 Å². The number of aromatic nitrogens is 2. The Labute approximate surface area is 116 Å². The molecule has 0 aliphatic heterocycles. The summed E-state index contributed by atoms with van der Waals surface area (Å²) in [5, 5.41) is 2.91. The molecule has 1 heterocycles. The van der Waals surface area contributed by atoms with Crippen LogP contribution in [0.25, 0.3) is 0 Å². The SMILES string of the molecule is NCCCCCCC(=O)Nc1c(Cl)ncnc1Cl. The average Bonchev–Trinajstić information content (AvgIpc) is 2.34. The topological polar surface area (TPSA) is 80.9 Å². The number of hydrogen-bond acceptors (Lipinski definition) is 4. The number of carbonyl (C=O) groups excluding carboxylic acids is 1. The Morgan fingerprint density at radius 2 is 1.78 bits per heavy atom. The highest BCUT2D eigenvalue weighted by Crippen LogP contribution is 2.25. The van der Waals surface area contributed by atoms with Gasteiger partial charge in [-0.1, -0.05) is 36.0 Å². The van der Waals surface area contributed by atoms with Gasteiger partial charge in [-0.05, 0) is 19.4 Å². The van der Waals surface area contributed by atoms with Crippen LogP contribution in [0.1, 0.15) is 32.1 Å². The van der Waals surface area contributed by atoms with E-state index < -0.39 is 0 Å². The first kappa shape index (κ1) is 15.1. The van der Waals surface area contributed by atoms with E-state index in [0.717, 1.165) is 25.7 Å². The Hall–Kier alpha value is -0.910. The predicted molar refractivity (Wildman–Crippen MR) is 72.8 cm³/mol. The number of nitrogens with zero attached hydrogens (tertiary/aromatic N) is 2. The van der Waals surface area contributed by atoms with Gasteiger partial charge in [0, 0.05) is 6.42 Å². The number of halogens is 2. The smallest absolute Gasteiger partial charge is 0.224 e. The van der Waals surface area contributed by atoms with Crippen molar-refractivity contribution in [2.45, 2.75) is 32.1 Å². The molecule has 0 saturated carbocycles. The lowest BCUT2D eigenvalue weighted by Gasteiger charge is -2.07. The van der Waals surface area contributed by atoms with Gasteiger partial charge in [0.15, 0.2) is 10.3 Å². The van der Waals surface area contributed by atoms with E-state index in [1.54, 1.807) is 0 Å². The molecule has 0 fully saturated rings. The third-order valence-electron chi connectivity index (χ3n) is 2.38. The van der Waals surface area contributed by atoms with Crippen molar-refractivity contribution in [3.8, 4) is 0 Å². The van der Waals surface area contributed by atoms with Crippen molar-refractivity contribution >= 4 is 34.8 Å². The van der Waals surface area contributed by atoms with Gasteiger partial charge in [-0.3, -0.25) is 4.79 Å². The van der Waals surface area contributed by atoms with Crippen LogP contribution in [0, 0.1) is 0 Å². The summed E-state index contributed by atoms with van der Waals surface area (Å²) >= 11 is 11.6. The Kier molecular flexibility index (Phi) is 6.93. The average molecular weight is 291 g/mol. The summed E-state index contributed by atoms with van der Waals surface area (Å²) < 4.78 is 0. The number of nitrogens with two attached hydrogens (primary N) is 1. The molecule has 18 heavy (non-hydrogen) atoms. The van der Waals surface area contributed by atoms with Gasteiger partial charge in [-0.25, -0.2) is 9.97 Å². The van der Waals surface area contributed by atoms with Gasteiger partial charge in [0.05, 0.1) is 0 Å². The second kappa shape index (κ2) is 8.24. The van der Waals surface area contributed by atoms with E-state index in [9.17, 15) is 4.79 Å². The lowest BCUT2D eigenvalue weighted by atomic mass is 10.1. The van der Waals surface area contributed by atoms with Crippen LogP contribution in [0.4, 0.5) is 5.69 Å². The number of nitrogens with one attached hydrogen (secondary N) is 1. The number of amides is 1. The van der Waals surface area contributed by atoms with Crippen LogP contribution in [0.5, 0.6) is 0 Å². The maximum absolute atomic E-state index is 11.6. The summed E-state index contributed by atoms with van der Waals surface area (Å²) in [5.41, 5.74) is 5.65. The number of rotatable bonds is 7. The largest absolute Gasteiger partial charge is 0.330 e. The maximum atomic E-state index is 11.6. The molecule has 3 N–H and O–H groups in total. The molecule has 1 amide bonds. The van der Waals surface area contributed by atoms with Gasteiger partial charge in [0.25, 0.3) is 0 Å². The minimum Gasteiger partial charge on any atom is -0.330 e. The maximum Gasteiger partial charge on any atom is 0.224 e. The van der Waals surface area contributed by atoms with Crippen molar-refractivity contribution in [2.24, 2.45) is 5.73 Å². The van der Waals surface area contributed by atoms with Crippen LogP contribution in [-0.4, -0.2) is 22.4 Å². The lowest BCUT2D eigenvalue weighted by Crippen LogP contribution is -2.12. The van der Waals surface area contributed by atoms with Crippen molar-refractivity contribution in [1.29, 1.82) is 0 Å². The Balaban J connectivity index is 2.36. The molecule has 0 atom stereocenters. The van der Waals surface area contributed by atoms with E-state index in [-0.39, 0.29) is 21.9 Å². The monoisotopic (exact) mass is 290 g/mol. The van der Waals surface area contributed by atoms with Gasteiger partial charge in [-0.15, -0.1) is 0 Å². The molecule has 0 aliphatic carbocycles. The molecule has 0 bridgehead atoms. The van der Waals surface area contributed by atoms with Crippen LogP contribution in [0.3, 0.4) is 0 Å². The molecular formula is C11H16Cl2N4O. The first-order chi connectivity index (χ1) is 8.65. The highest BCUT2D eigenvalue weighted by molar-refractivity contribution is 6.38. The molecular weight excluding hydrogens is 275 g/mol. The van der Waals surface area contributed by atoms with Crippen molar-refractivity contribution < 1.29 is 4.79 Å². The minimum absolute atomic E-state index is 0.138. The van der Waals surface area contributed by atoms with Crippen molar-refractivity contribution in [3.05, 3.63) is 16.6 Å². The van der Waals surface area contributed by atoms with Crippen LogP contribution in [0.15, 0.2) is 6.33 Å². The third-order valence-corrected chi connectivity index (χ3v) is 2.95. The standard InChI is InChI=1S/C11H16Cl2N4O/c12-10-9(11(13)16-7-15-10)17-8(18)5-3-1-2-4-6-14/h7H,1-6,14H2,(H,17,18). The quantitative estimate of drug-likeness (QED) is 0.597. The number of hydrogen-bond donors (Lipinski definition) is 2. The van der Waals surface area contributed by atoms with E-state index in [2.05, 4.69) is 15.3 Å². The molecule has 0 aliphatic rings. The fraction of sp³-hybridized carbons (Fsp3) is 0.545. The highest BCUT2D eigenvalue weighted by Gasteiger charge is 2.11. The zero-order chi connectivity index (χ0) is 13.4. The third kappa shape index (κ3) is 5.16. The Morgan fingerprint density at radius 1 is 1.17 bits per heavy atom. The zero-order valence-corrected chi connectivity index (χ0v) is 11.5. The van der Waals surface area contributed by atoms with Crippen LogP contribution < -0.4 is 11.1 Å². The van der Waals surface area contributed by atoms with E-state index in [1.165, 1.54) is 6.33 Å². The van der Waals surface area contributed by atoms with Crippen molar-refractivity contribution in [1.82, 2.24) is 9.97 Å². The molecule has 0 aromatic carbocycles. The Morgan fingerprint density at radius 3 is 2.39 bits per heavy atom. The van der Waals surface area contributed by atoms with E-state index >= 15 is 0 Å². The molecule has 1 rings (SSSR count). The molecule has 100 valence electrons. The van der Waals surface area contributed by atoms with Crippen LogP contribution in [0.2, 0.25) is 10.3 Å². The summed E-state index contributed by atoms with van der Waals surface area (Å²) in [5.74, 6) is -0.138. The van der Waals surface area contributed by atoms with E-state index in [4.69, 9.17) is 28.9 Å². The molecule has 5 nitrogen and oxygen atoms in total. The fourth-order valence-corrected chi connectivity index (χ4v) is 1.84. The van der Waals surface area contributed by atoms with Gasteiger partial charge in [-0.2, -0.15) is 0 Å². The summed E-state index contributed by atoms with van der Waals surface area (Å²) in [6.45, 7) is 0.693. The number of anilines is 1. The molecule has 1 aromatic heterocycles. The number of carbonyl (C=O) groups is 1. The van der Waals surface area contributed by atoms with Crippen molar-refractivity contribution in [2.75, 3.05) is 11.9 Å². The summed E-state index contributed by atoms with van der Waals surface area (Å²) in [4.78, 5) is 19.2. The highest BCUT2D eigenvalue weighted by atomic mass is 35.5. The second-order valence-electron chi connectivity index (χ2n) is 3.83. The first-order valence-electron chi connectivity index (χ1n) is 5.81. The second-order valence-corrected chi connectivity index (χ2v) is 4.55. The minimum atomic E-state index is -0.138. The summed E-state index contributed by atoms with van der Waals surface area (Å²) in [6.07, 6.45) is 5.50. The van der Waals surface area contributed by atoms with Gasteiger partial charge in [0.2, 0.25) is 5.91 Å². The first-order valence-corrected chi connectivity index (χ1v) is 6.56. The summed E-state index contributed by atoms with van der Waals surface area (Å²) in [7, 11) is 0. The lowest BCUT2D eigenvalue weighted by molar-refractivity contribution is -0.116. The zero-order valence-electron chi connectivity index (χ0n) is 9.96. The molecule has 0 saturated heterocycles. The predicted octanol–water partition coefficient (Wildman–Crippen LogP) is 2.63. The van der Waals surface area contributed by atoms with Crippen LogP contribution in [-0.2, 0) is 4.79 Å². The fourth-order valence-electron chi connectivity index (χ4n) is 1.43. The van der Waals surface area contributed by atoms with Gasteiger partial charge in [0.1, 0.15) is 12.0 Å². The molecule has 1 aromatic rings. The van der Waals surface area contributed by atoms with Crippen molar-refractivity contribution in [3.63, 3.8) is 0 Å². The van der Waals surface area contributed by atoms with Crippen LogP contribution >= 0.6 is 23.2 Å². The molecule has 0 unspecified atom stereocenters. The van der Waals surface area contributed by atoms with E-state index in [1.807, 2.05) is 0 Å². The van der Waals surface area contributed by atoms with Gasteiger partial charge >= 0.3 is 0 Å². The van der Waals surface area contributed by atoms with Gasteiger partial charge < -0.3 is 11.1 Å². The molecule has 7 heteroatoms.